The molecule has 1 rings (SSSR count). The topological polar surface area (TPSA) is 47.3 Å². The zero-order valence-corrected chi connectivity index (χ0v) is 12.0. The number of hydrogen-bond acceptors (Lipinski definition) is 3. The van der Waals surface area contributed by atoms with Crippen molar-refractivity contribution in [2.75, 3.05) is 6.61 Å². The van der Waals surface area contributed by atoms with Gasteiger partial charge in [-0.05, 0) is 45.4 Å². The monoisotopic (exact) mass is 242 g/mol. The van der Waals surface area contributed by atoms with Crippen molar-refractivity contribution in [2.45, 2.75) is 71.4 Å². The van der Waals surface area contributed by atoms with Gasteiger partial charge in [0.05, 0.1) is 11.6 Å². The quantitative estimate of drug-likeness (QED) is 0.556. The molecule has 1 fully saturated rings. The molecule has 0 aromatic heterocycles. The maximum atomic E-state index is 5.86. The summed E-state index contributed by atoms with van der Waals surface area (Å²) in [6.07, 6.45) is 6.59. The molecule has 3 nitrogen and oxygen atoms in total. The van der Waals surface area contributed by atoms with Gasteiger partial charge < -0.3 is 4.74 Å². The van der Waals surface area contributed by atoms with E-state index in [1.165, 1.54) is 32.1 Å². The minimum Gasteiger partial charge on any atom is -0.374 e. The van der Waals surface area contributed by atoms with Gasteiger partial charge >= 0.3 is 0 Å². The van der Waals surface area contributed by atoms with Crippen LogP contribution in [0, 0.1) is 11.8 Å². The maximum Gasteiger partial charge on any atom is 0.0794 e. The van der Waals surface area contributed by atoms with Crippen molar-refractivity contribution < 1.29 is 4.74 Å². The van der Waals surface area contributed by atoms with Crippen LogP contribution in [0.1, 0.15) is 59.8 Å². The van der Waals surface area contributed by atoms with Crippen LogP contribution >= 0.6 is 0 Å². The van der Waals surface area contributed by atoms with Crippen LogP contribution in [0.3, 0.4) is 0 Å². The van der Waals surface area contributed by atoms with Crippen LogP contribution in [0.2, 0.25) is 0 Å². The van der Waals surface area contributed by atoms with Crippen molar-refractivity contribution >= 4 is 0 Å². The summed E-state index contributed by atoms with van der Waals surface area (Å²) < 4.78 is 5.86. The van der Waals surface area contributed by atoms with Crippen LogP contribution in [0.4, 0.5) is 0 Å². The zero-order valence-electron chi connectivity index (χ0n) is 12.0. The fourth-order valence-corrected chi connectivity index (χ4v) is 3.37. The Bertz CT molecular complexity index is 218. The molecule has 1 saturated carbocycles. The molecule has 0 saturated heterocycles. The van der Waals surface area contributed by atoms with Crippen molar-refractivity contribution in [1.29, 1.82) is 0 Å². The summed E-state index contributed by atoms with van der Waals surface area (Å²) in [5, 5.41) is 0. The Morgan fingerprint density at radius 3 is 2.59 bits per heavy atom. The number of hydrazine groups is 1. The lowest BCUT2D eigenvalue weighted by atomic mass is 9.73. The first-order chi connectivity index (χ1) is 8.05. The average Bonchev–Trinajstić information content (AvgIpc) is 2.29. The Kier molecular flexibility index (Phi) is 5.90. The SMILES string of the molecule is CCOC(C)(C)C(NN)C1CCCC(CC)C1. The molecule has 3 unspecified atom stereocenters. The van der Waals surface area contributed by atoms with Crippen LogP contribution in [0.25, 0.3) is 0 Å². The molecular formula is C14H30N2O. The predicted octanol–water partition coefficient (Wildman–Crippen LogP) is 2.85. The van der Waals surface area contributed by atoms with Crippen LogP contribution in [-0.2, 0) is 4.74 Å². The largest absolute Gasteiger partial charge is 0.374 e. The van der Waals surface area contributed by atoms with Crippen LogP contribution in [0.5, 0.6) is 0 Å². The predicted molar refractivity (Wildman–Crippen MR) is 72.6 cm³/mol. The standard InChI is InChI=1S/C14H30N2O/c1-5-11-8-7-9-12(10-11)13(16-15)14(3,4)17-6-2/h11-13,16H,5-10,15H2,1-4H3. The van der Waals surface area contributed by atoms with Gasteiger partial charge in [0.1, 0.15) is 0 Å². The van der Waals surface area contributed by atoms with Crippen LogP contribution in [-0.4, -0.2) is 18.2 Å². The molecule has 1 aliphatic carbocycles. The Balaban J connectivity index is 2.65. The molecule has 0 heterocycles. The average molecular weight is 242 g/mol. The number of nitrogens with one attached hydrogen (secondary N) is 1. The normalized spacial score (nSPS) is 28.1. The molecule has 0 radical (unpaired) electrons. The second-order valence-electron chi connectivity index (χ2n) is 5.88. The first-order valence-electron chi connectivity index (χ1n) is 7.15. The Labute approximate surface area is 106 Å². The van der Waals surface area contributed by atoms with Crippen molar-refractivity contribution in [3.63, 3.8) is 0 Å². The highest BCUT2D eigenvalue weighted by Crippen LogP contribution is 2.36. The Morgan fingerprint density at radius 2 is 2.06 bits per heavy atom. The summed E-state index contributed by atoms with van der Waals surface area (Å²) in [5.41, 5.74) is 2.84. The van der Waals surface area contributed by atoms with Crippen molar-refractivity contribution in [3.05, 3.63) is 0 Å². The molecule has 0 aromatic carbocycles. The van der Waals surface area contributed by atoms with E-state index in [1.54, 1.807) is 0 Å². The van der Waals surface area contributed by atoms with E-state index >= 15 is 0 Å². The summed E-state index contributed by atoms with van der Waals surface area (Å²) in [6.45, 7) is 9.39. The van der Waals surface area contributed by atoms with E-state index in [0.717, 1.165) is 12.5 Å². The molecule has 3 heteroatoms. The van der Waals surface area contributed by atoms with Gasteiger partial charge in [-0.3, -0.25) is 11.3 Å². The minimum absolute atomic E-state index is 0.177. The highest BCUT2D eigenvalue weighted by molar-refractivity contribution is 4.92. The van der Waals surface area contributed by atoms with Gasteiger partial charge in [-0.1, -0.05) is 26.2 Å². The fraction of sp³-hybridized carbons (Fsp3) is 1.00. The highest BCUT2D eigenvalue weighted by Gasteiger charge is 2.37. The van der Waals surface area contributed by atoms with E-state index in [0.29, 0.717) is 5.92 Å². The molecule has 3 N–H and O–H groups in total. The van der Waals surface area contributed by atoms with Gasteiger partial charge in [0.15, 0.2) is 0 Å². The van der Waals surface area contributed by atoms with E-state index in [4.69, 9.17) is 10.6 Å². The summed E-state index contributed by atoms with van der Waals surface area (Å²) in [6, 6.07) is 0.261. The number of ether oxygens (including phenoxy) is 1. The van der Waals surface area contributed by atoms with Crippen molar-refractivity contribution in [2.24, 2.45) is 17.7 Å². The highest BCUT2D eigenvalue weighted by atomic mass is 16.5. The molecule has 102 valence electrons. The Hall–Kier alpha value is -0.120. The molecule has 0 aliphatic heterocycles. The minimum atomic E-state index is -0.177. The van der Waals surface area contributed by atoms with E-state index in [-0.39, 0.29) is 11.6 Å². The van der Waals surface area contributed by atoms with Gasteiger partial charge in [0, 0.05) is 6.61 Å². The third-order valence-corrected chi connectivity index (χ3v) is 4.32. The molecule has 17 heavy (non-hydrogen) atoms. The van der Waals surface area contributed by atoms with Gasteiger partial charge in [0.25, 0.3) is 0 Å². The molecule has 0 bridgehead atoms. The molecular weight excluding hydrogens is 212 g/mol. The van der Waals surface area contributed by atoms with Crippen molar-refractivity contribution in [3.8, 4) is 0 Å². The molecule has 1 aliphatic rings. The smallest absolute Gasteiger partial charge is 0.0794 e. The van der Waals surface area contributed by atoms with E-state index < -0.39 is 0 Å². The van der Waals surface area contributed by atoms with Gasteiger partial charge in [-0.25, -0.2) is 0 Å². The number of rotatable bonds is 6. The van der Waals surface area contributed by atoms with Crippen molar-refractivity contribution in [1.82, 2.24) is 5.43 Å². The summed E-state index contributed by atoms with van der Waals surface area (Å²) >= 11 is 0. The van der Waals surface area contributed by atoms with E-state index in [2.05, 4.69) is 26.2 Å². The van der Waals surface area contributed by atoms with Gasteiger partial charge in [-0.2, -0.15) is 0 Å². The first-order valence-corrected chi connectivity index (χ1v) is 7.15. The first kappa shape index (κ1) is 14.9. The lowest BCUT2D eigenvalue weighted by molar-refractivity contribution is -0.0598. The maximum absolute atomic E-state index is 5.86. The van der Waals surface area contributed by atoms with E-state index in [9.17, 15) is 0 Å². The lowest BCUT2D eigenvalue weighted by Crippen LogP contribution is -2.56. The summed E-state index contributed by atoms with van der Waals surface area (Å²) in [7, 11) is 0. The molecule has 0 aromatic rings. The zero-order chi connectivity index (χ0) is 12.9. The number of hydrogen-bond donors (Lipinski definition) is 2. The Morgan fingerprint density at radius 1 is 1.35 bits per heavy atom. The number of nitrogens with two attached hydrogens (primary N) is 1. The summed E-state index contributed by atoms with van der Waals surface area (Å²) in [5.74, 6) is 7.31. The molecule has 0 amide bonds. The second kappa shape index (κ2) is 6.72. The lowest BCUT2D eigenvalue weighted by Gasteiger charge is -2.42. The molecule has 0 spiro atoms. The van der Waals surface area contributed by atoms with Crippen LogP contribution in [0.15, 0.2) is 0 Å². The summed E-state index contributed by atoms with van der Waals surface area (Å²) in [4.78, 5) is 0. The second-order valence-corrected chi connectivity index (χ2v) is 5.88. The molecule has 3 atom stereocenters. The van der Waals surface area contributed by atoms with Gasteiger partial charge in [0.2, 0.25) is 0 Å². The van der Waals surface area contributed by atoms with Gasteiger partial charge in [-0.15, -0.1) is 0 Å². The third kappa shape index (κ3) is 3.94. The van der Waals surface area contributed by atoms with Crippen LogP contribution < -0.4 is 11.3 Å². The van der Waals surface area contributed by atoms with E-state index in [1.807, 2.05) is 6.92 Å². The fourth-order valence-electron chi connectivity index (χ4n) is 3.37. The third-order valence-electron chi connectivity index (χ3n) is 4.32.